The lowest BCUT2D eigenvalue weighted by atomic mass is 10.0. The number of nitro groups is 1. The molecule has 1 amide bonds. The van der Waals surface area contributed by atoms with E-state index in [0.717, 1.165) is 32.7 Å². The van der Waals surface area contributed by atoms with E-state index in [9.17, 15) is 28.4 Å². The number of aliphatic hydroxyl groups excluding tert-OH is 1. The summed E-state index contributed by atoms with van der Waals surface area (Å²) in [5.74, 6) is 0.403. The number of aromatic nitrogens is 1. The monoisotopic (exact) mass is 704 g/mol. The maximum Gasteiger partial charge on any atom is 0.407 e. The van der Waals surface area contributed by atoms with Gasteiger partial charge in [0.05, 0.1) is 51.8 Å². The lowest BCUT2D eigenvalue weighted by molar-refractivity contribution is -0.384. The number of carbonyl (C=O) groups is 1. The van der Waals surface area contributed by atoms with Gasteiger partial charge in [-0.1, -0.05) is 26.0 Å². The maximum absolute atomic E-state index is 13.7. The number of nitrogens with zero attached hydrogens (tertiary/aromatic N) is 3. The number of aryl methyl sites for hydroxylation is 1. The number of benzene rings is 2. The van der Waals surface area contributed by atoms with Crippen molar-refractivity contribution in [1.82, 2.24) is 14.6 Å². The molecule has 2 fully saturated rings. The van der Waals surface area contributed by atoms with E-state index in [-0.39, 0.29) is 48.5 Å². The number of fused-ring (bicyclic) bond motifs is 1. The molecule has 2 aliphatic heterocycles. The van der Waals surface area contributed by atoms with Crippen molar-refractivity contribution in [2.24, 2.45) is 11.8 Å². The Morgan fingerprint density at radius 1 is 1.17 bits per heavy atom. The normalized spacial score (nSPS) is 20.4. The zero-order valence-corrected chi connectivity index (χ0v) is 28.5. The molecule has 0 unspecified atom stereocenters. The van der Waals surface area contributed by atoms with Crippen LogP contribution in [-0.2, 0) is 37.3 Å². The minimum atomic E-state index is -4.17. The second-order valence-electron chi connectivity index (χ2n) is 12.2. The number of hydrogen-bond acceptors (Lipinski definition) is 12. The number of carbonyl (C=O) groups excluding carboxylic acids is 1. The fraction of sp³-hybridized carbons (Fsp3) is 0.500. The van der Waals surface area contributed by atoms with E-state index in [4.69, 9.17) is 18.9 Å². The number of ether oxygens (including phenoxy) is 4. The second kappa shape index (κ2) is 15.7. The number of aliphatic hydroxyl groups is 1. The molecule has 2 aliphatic rings. The van der Waals surface area contributed by atoms with Crippen molar-refractivity contribution >= 4 is 33.1 Å². The van der Waals surface area contributed by atoms with E-state index in [0.29, 0.717) is 25.4 Å². The Labute approximate surface area is 283 Å². The molecule has 2 aromatic carbocycles. The van der Waals surface area contributed by atoms with Crippen LogP contribution in [0.1, 0.15) is 36.5 Å². The van der Waals surface area contributed by atoms with E-state index in [2.05, 4.69) is 10.3 Å². The summed E-state index contributed by atoms with van der Waals surface area (Å²) >= 11 is 1.54. The Morgan fingerprint density at radius 3 is 2.54 bits per heavy atom. The van der Waals surface area contributed by atoms with E-state index in [1.165, 1.54) is 12.1 Å². The number of rotatable bonds is 15. The van der Waals surface area contributed by atoms with Crippen molar-refractivity contribution in [1.29, 1.82) is 0 Å². The minimum Gasteiger partial charge on any atom is -0.487 e. The number of amides is 1. The van der Waals surface area contributed by atoms with Gasteiger partial charge in [-0.05, 0) is 55.5 Å². The Hall–Kier alpha value is -3.67. The lowest BCUT2D eigenvalue weighted by Crippen LogP contribution is -2.51. The van der Waals surface area contributed by atoms with Crippen LogP contribution in [0.3, 0.4) is 0 Å². The molecule has 3 heterocycles. The number of alkyl carbamates (subject to hydrolysis) is 1. The molecule has 2 N–H and O–H groups in total. The summed E-state index contributed by atoms with van der Waals surface area (Å²) in [7, 11) is -4.17. The molecule has 0 spiro atoms. The smallest absolute Gasteiger partial charge is 0.407 e. The SMILES string of the molecule is Cc1nc(COc2ccc(C[C@H](NC(=O)O[C@@H]3CO[C@H]4OCC[C@H]43)[C@H](O)CN(CC(C)C)S(=O)(=O)c3ccc([N+](=O)[O-])cc3)cc2)cs1. The highest BCUT2D eigenvalue weighted by Gasteiger charge is 2.44. The van der Waals surface area contributed by atoms with Crippen LogP contribution in [0.15, 0.2) is 58.8 Å². The van der Waals surface area contributed by atoms with Crippen molar-refractivity contribution in [2.45, 2.75) is 69.7 Å². The van der Waals surface area contributed by atoms with Gasteiger partial charge in [0.2, 0.25) is 10.0 Å². The number of thiazole rings is 1. The van der Waals surface area contributed by atoms with Crippen LogP contribution in [-0.4, -0.2) is 84.7 Å². The van der Waals surface area contributed by atoms with Crippen LogP contribution in [0.4, 0.5) is 10.5 Å². The third kappa shape index (κ3) is 9.06. The van der Waals surface area contributed by atoms with Crippen molar-refractivity contribution in [3.63, 3.8) is 0 Å². The van der Waals surface area contributed by atoms with Crippen molar-refractivity contribution in [2.75, 3.05) is 26.3 Å². The topological polar surface area (TPSA) is 180 Å². The van der Waals surface area contributed by atoms with Gasteiger partial charge in [0.25, 0.3) is 5.69 Å². The summed E-state index contributed by atoms with van der Waals surface area (Å²) in [6.45, 7) is 6.30. The Kier molecular flexibility index (Phi) is 11.7. The second-order valence-corrected chi connectivity index (χ2v) is 15.2. The molecule has 16 heteroatoms. The Morgan fingerprint density at radius 2 is 1.90 bits per heavy atom. The largest absolute Gasteiger partial charge is 0.487 e. The predicted octanol–water partition coefficient (Wildman–Crippen LogP) is 4.05. The fourth-order valence-electron chi connectivity index (χ4n) is 5.66. The summed E-state index contributed by atoms with van der Waals surface area (Å²) in [5.41, 5.74) is 1.33. The molecule has 0 bridgehead atoms. The molecule has 5 rings (SSSR count). The van der Waals surface area contributed by atoms with Crippen LogP contribution in [0.5, 0.6) is 5.75 Å². The van der Waals surface area contributed by atoms with Gasteiger partial charge in [-0.15, -0.1) is 11.3 Å². The highest BCUT2D eigenvalue weighted by molar-refractivity contribution is 7.89. The first kappa shape index (κ1) is 35.6. The molecule has 0 radical (unpaired) electrons. The van der Waals surface area contributed by atoms with Crippen molar-refractivity contribution < 1.29 is 42.2 Å². The van der Waals surface area contributed by atoms with Gasteiger partial charge in [-0.3, -0.25) is 10.1 Å². The van der Waals surface area contributed by atoms with Gasteiger partial charge in [0.15, 0.2) is 6.29 Å². The van der Waals surface area contributed by atoms with E-state index in [1.54, 1.807) is 35.6 Å². The summed E-state index contributed by atoms with van der Waals surface area (Å²) in [6.07, 6.45) is -2.24. The standard InChI is InChI=1S/C32H40N4O10S2/c1-20(2)15-35(48(41,42)26-10-6-24(7-11-26)36(39)40)16-29(37)28(34-32(38)46-30-18-45-31-27(30)12-13-43-31)14-22-4-8-25(9-5-22)44-17-23-19-47-21(3)33-23/h4-11,19-20,27-31,37H,12-18H2,1-3H3,(H,34,38)/t27-,28-,29+,30+,31+/m0/s1. The van der Waals surface area contributed by atoms with Crippen molar-refractivity contribution in [3.05, 3.63) is 80.3 Å². The first-order valence-corrected chi connectivity index (χ1v) is 18.0. The van der Waals surface area contributed by atoms with Crippen LogP contribution < -0.4 is 10.1 Å². The third-order valence-corrected chi connectivity index (χ3v) is 10.8. The lowest BCUT2D eigenvalue weighted by Gasteiger charge is -2.31. The molecule has 3 aromatic rings. The summed E-state index contributed by atoms with van der Waals surface area (Å²) < 4.78 is 51.2. The number of nitrogens with one attached hydrogen (secondary N) is 1. The Balaban J connectivity index is 1.32. The molecule has 5 atom stereocenters. The average Bonchev–Trinajstić information content (AvgIpc) is 3.79. The van der Waals surface area contributed by atoms with Gasteiger partial charge >= 0.3 is 6.09 Å². The highest BCUT2D eigenvalue weighted by atomic mass is 32.2. The summed E-state index contributed by atoms with van der Waals surface area (Å²) in [5, 5.41) is 28.3. The highest BCUT2D eigenvalue weighted by Crippen LogP contribution is 2.33. The average molecular weight is 705 g/mol. The molecule has 0 saturated carbocycles. The summed E-state index contributed by atoms with van der Waals surface area (Å²) in [4.78, 5) is 27.9. The van der Waals surface area contributed by atoms with Crippen LogP contribution in [0, 0.1) is 28.9 Å². The van der Waals surface area contributed by atoms with E-state index in [1.807, 2.05) is 26.2 Å². The number of hydrogen-bond donors (Lipinski definition) is 2. The molecule has 260 valence electrons. The number of sulfonamides is 1. The van der Waals surface area contributed by atoms with Gasteiger partial charge in [0.1, 0.15) is 18.5 Å². The van der Waals surface area contributed by atoms with E-state index >= 15 is 0 Å². The molecule has 14 nitrogen and oxygen atoms in total. The quantitative estimate of drug-likeness (QED) is 0.172. The molecule has 0 aliphatic carbocycles. The van der Waals surface area contributed by atoms with Crippen LogP contribution >= 0.6 is 11.3 Å². The molecular weight excluding hydrogens is 665 g/mol. The van der Waals surface area contributed by atoms with Gasteiger partial charge < -0.3 is 29.4 Å². The fourth-order valence-corrected chi connectivity index (χ4v) is 7.88. The van der Waals surface area contributed by atoms with E-state index < -0.39 is 45.6 Å². The molecule has 1 aromatic heterocycles. The predicted molar refractivity (Wildman–Crippen MR) is 175 cm³/mol. The molecule has 2 saturated heterocycles. The Bertz CT molecular complexity index is 1650. The van der Waals surface area contributed by atoms with Gasteiger partial charge in [0, 0.05) is 30.6 Å². The number of non-ortho nitro benzene ring substituents is 1. The zero-order valence-electron chi connectivity index (χ0n) is 26.9. The first-order chi connectivity index (χ1) is 22.9. The van der Waals surface area contributed by atoms with Crippen molar-refractivity contribution in [3.8, 4) is 5.75 Å². The number of nitro benzene ring substituents is 1. The van der Waals surface area contributed by atoms with Gasteiger partial charge in [-0.2, -0.15) is 4.31 Å². The minimum absolute atomic E-state index is 0.0561. The maximum atomic E-state index is 13.7. The van der Waals surface area contributed by atoms with Gasteiger partial charge in [-0.25, -0.2) is 18.2 Å². The van der Waals surface area contributed by atoms with Crippen LogP contribution in [0.25, 0.3) is 0 Å². The van der Waals surface area contributed by atoms with Crippen LogP contribution in [0.2, 0.25) is 0 Å². The zero-order chi connectivity index (χ0) is 34.4. The summed E-state index contributed by atoms with van der Waals surface area (Å²) in [6, 6.07) is 10.8. The molecule has 48 heavy (non-hydrogen) atoms. The third-order valence-electron chi connectivity index (χ3n) is 8.09. The molecular formula is C32H40N4O10S2. The first-order valence-electron chi connectivity index (χ1n) is 15.6.